The van der Waals surface area contributed by atoms with Crippen LogP contribution in [0.4, 0.5) is 5.69 Å². The van der Waals surface area contributed by atoms with Crippen molar-refractivity contribution in [2.45, 2.75) is 0 Å². The van der Waals surface area contributed by atoms with Gasteiger partial charge in [0, 0.05) is 12.7 Å². The van der Waals surface area contributed by atoms with Crippen LogP contribution >= 0.6 is 23.2 Å². The molecule has 1 aromatic carbocycles. The van der Waals surface area contributed by atoms with Crippen molar-refractivity contribution in [1.29, 1.82) is 0 Å². The van der Waals surface area contributed by atoms with Crippen molar-refractivity contribution >= 4 is 28.9 Å². The van der Waals surface area contributed by atoms with E-state index in [0.29, 0.717) is 10.0 Å². The van der Waals surface area contributed by atoms with Crippen LogP contribution in [0.5, 0.6) is 0 Å². The van der Waals surface area contributed by atoms with Gasteiger partial charge < -0.3 is 5.32 Å². The molecule has 10 heavy (non-hydrogen) atoms. The first-order valence-electron chi connectivity index (χ1n) is 2.87. The van der Waals surface area contributed by atoms with Crippen molar-refractivity contribution in [1.82, 2.24) is 0 Å². The van der Waals surface area contributed by atoms with Crippen LogP contribution in [-0.2, 0) is 0 Å². The zero-order chi connectivity index (χ0) is 7.56. The van der Waals surface area contributed by atoms with Gasteiger partial charge in [0.1, 0.15) is 0 Å². The molecular formula is C7H7Cl2N. The second-order valence-electron chi connectivity index (χ2n) is 1.88. The molecule has 0 unspecified atom stereocenters. The Morgan fingerprint density at radius 2 is 1.90 bits per heavy atom. The molecule has 0 radical (unpaired) electrons. The summed E-state index contributed by atoms with van der Waals surface area (Å²) in [6.07, 6.45) is 0. The van der Waals surface area contributed by atoms with Crippen molar-refractivity contribution in [3.63, 3.8) is 0 Å². The van der Waals surface area contributed by atoms with Crippen LogP contribution in [0, 0.1) is 0 Å². The van der Waals surface area contributed by atoms with Gasteiger partial charge in [-0.2, -0.15) is 0 Å². The highest BCUT2D eigenvalue weighted by molar-refractivity contribution is 6.42. The summed E-state index contributed by atoms with van der Waals surface area (Å²) in [7, 11) is 1.83. The van der Waals surface area contributed by atoms with Gasteiger partial charge in [0.15, 0.2) is 0 Å². The first-order chi connectivity index (χ1) is 4.74. The number of benzene rings is 1. The van der Waals surface area contributed by atoms with Crippen molar-refractivity contribution in [2.75, 3.05) is 12.4 Å². The minimum absolute atomic E-state index is 0.577. The molecule has 0 saturated carbocycles. The lowest BCUT2D eigenvalue weighted by atomic mass is 10.3. The van der Waals surface area contributed by atoms with Crippen LogP contribution in [0.1, 0.15) is 0 Å². The van der Waals surface area contributed by atoms with Crippen molar-refractivity contribution in [3.05, 3.63) is 28.2 Å². The third-order valence-corrected chi connectivity index (χ3v) is 1.95. The molecule has 54 valence electrons. The van der Waals surface area contributed by atoms with E-state index in [1.165, 1.54) is 0 Å². The Hall–Kier alpha value is -0.400. The van der Waals surface area contributed by atoms with Gasteiger partial charge in [-0.3, -0.25) is 0 Å². The summed E-state index contributed by atoms with van der Waals surface area (Å²) in [5.74, 6) is 0. The maximum Gasteiger partial charge on any atom is 0.0612 e. The molecule has 0 aliphatic heterocycles. The molecule has 0 heterocycles. The molecule has 1 nitrogen and oxygen atoms in total. The van der Waals surface area contributed by atoms with Crippen molar-refractivity contribution in [3.8, 4) is 0 Å². The molecule has 0 saturated heterocycles. The second-order valence-corrected chi connectivity index (χ2v) is 2.69. The van der Waals surface area contributed by atoms with Gasteiger partial charge in [-0.25, -0.2) is 0 Å². The van der Waals surface area contributed by atoms with E-state index in [1.807, 2.05) is 13.1 Å². The lowest BCUT2D eigenvalue weighted by molar-refractivity contribution is 1.51. The van der Waals surface area contributed by atoms with E-state index < -0.39 is 0 Å². The summed E-state index contributed by atoms with van der Waals surface area (Å²) in [5, 5.41) is 4.11. The predicted octanol–water partition coefficient (Wildman–Crippen LogP) is 3.04. The highest BCUT2D eigenvalue weighted by Crippen LogP contribution is 2.24. The Labute approximate surface area is 70.0 Å². The average molecular weight is 176 g/mol. The summed E-state index contributed by atoms with van der Waals surface area (Å²) in [5.41, 5.74) is 0.967. The van der Waals surface area contributed by atoms with Crippen molar-refractivity contribution in [2.24, 2.45) is 0 Å². The monoisotopic (exact) mass is 175 g/mol. The molecule has 1 N–H and O–H groups in total. The van der Waals surface area contributed by atoms with Crippen LogP contribution < -0.4 is 5.32 Å². The summed E-state index contributed by atoms with van der Waals surface area (Å²) in [6.45, 7) is 0. The smallest absolute Gasteiger partial charge is 0.0612 e. The Kier molecular flexibility index (Phi) is 2.41. The van der Waals surface area contributed by atoms with E-state index in [-0.39, 0.29) is 0 Å². The number of rotatable bonds is 1. The normalized spacial score (nSPS) is 9.50. The third kappa shape index (κ3) is 1.55. The molecule has 0 atom stereocenters. The van der Waals surface area contributed by atoms with E-state index in [9.17, 15) is 0 Å². The molecule has 3 heteroatoms. The van der Waals surface area contributed by atoms with Crippen LogP contribution in [0.15, 0.2) is 18.2 Å². The standard InChI is InChI=1S/C7H7Cl2N/c1-10-5-2-3-6(8)7(9)4-5/h2-4,10H,1H3. The predicted molar refractivity (Wildman–Crippen MR) is 46.0 cm³/mol. The Bertz CT molecular complexity index is 235. The van der Waals surface area contributed by atoms with Crippen LogP contribution in [0.3, 0.4) is 0 Å². The zero-order valence-corrected chi connectivity index (χ0v) is 7.00. The fourth-order valence-corrected chi connectivity index (χ4v) is 0.950. The minimum Gasteiger partial charge on any atom is -0.388 e. The number of anilines is 1. The summed E-state index contributed by atoms with van der Waals surface area (Å²) < 4.78 is 0. The molecule has 0 aliphatic rings. The molecule has 0 aromatic heterocycles. The molecule has 0 bridgehead atoms. The second kappa shape index (κ2) is 3.13. The maximum absolute atomic E-state index is 5.72. The van der Waals surface area contributed by atoms with Gasteiger partial charge in [0.25, 0.3) is 0 Å². The number of halogens is 2. The maximum atomic E-state index is 5.72. The number of nitrogens with one attached hydrogen (secondary N) is 1. The fourth-order valence-electron chi connectivity index (χ4n) is 0.652. The van der Waals surface area contributed by atoms with E-state index in [1.54, 1.807) is 12.1 Å². The Morgan fingerprint density at radius 1 is 1.20 bits per heavy atom. The minimum atomic E-state index is 0.577. The molecule has 0 fully saturated rings. The van der Waals surface area contributed by atoms with Gasteiger partial charge in [-0.1, -0.05) is 23.2 Å². The molecule has 1 aromatic rings. The van der Waals surface area contributed by atoms with Gasteiger partial charge in [-0.05, 0) is 18.2 Å². The van der Waals surface area contributed by atoms with Crippen molar-refractivity contribution < 1.29 is 0 Å². The molecule has 0 spiro atoms. The first-order valence-corrected chi connectivity index (χ1v) is 3.62. The summed E-state index contributed by atoms with van der Waals surface area (Å²) >= 11 is 11.4. The number of hydrogen-bond donors (Lipinski definition) is 1. The fraction of sp³-hybridized carbons (Fsp3) is 0.143. The van der Waals surface area contributed by atoms with Gasteiger partial charge in [0.05, 0.1) is 10.0 Å². The lowest BCUT2D eigenvalue weighted by Crippen LogP contribution is -1.86. The van der Waals surface area contributed by atoms with Crippen LogP contribution in [0.25, 0.3) is 0 Å². The molecule has 0 amide bonds. The van der Waals surface area contributed by atoms with Gasteiger partial charge in [-0.15, -0.1) is 0 Å². The van der Waals surface area contributed by atoms with E-state index in [0.717, 1.165) is 5.69 Å². The average Bonchev–Trinajstić information content (AvgIpc) is 1.95. The Morgan fingerprint density at radius 3 is 2.40 bits per heavy atom. The summed E-state index contributed by atoms with van der Waals surface area (Å²) in [6, 6.07) is 5.41. The van der Waals surface area contributed by atoms with E-state index in [4.69, 9.17) is 23.2 Å². The summed E-state index contributed by atoms with van der Waals surface area (Å²) in [4.78, 5) is 0. The highest BCUT2D eigenvalue weighted by Gasteiger charge is 1.95. The van der Waals surface area contributed by atoms with Crippen LogP contribution in [-0.4, -0.2) is 7.05 Å². The molecule has 0 aliphatic carbocycles. The lowest BCUT2D eigenvalue weighted by Gasteiger charge is -2.00. The topological polar surface area (TPSA) is 12.0 Å². The van der Waals surface area contributed by atoms with E-state index >= 15 is 0 Å². The number of hydrogen-bond acceptors (Lipinski definition) is 1. The quantitative estimate of drug-likeness (QED) is 0.693. The molecular weight excluding hydrogens is 169 g/mol. The van der Waals surface area contributed by atoms with Crippen LogP contribution in [0.2, 0.25) is 10.0 Å². The Balaban J connectivity index is 3.04. The molecule has 1 rings (SSSR count). The highest BCUT2D eigenvalue weighted by atomic mass is 35.5. The largest absolute Gasteiger partial charge is 0.388 e. The zero-order valence-electron chi connectivity index (χ0n) is 5.49. The van der Waals surface area contributed by atoms with Gasteiger partial charge in [0.2, 0.25) is 0 Å². The first kappa shape index (κ1) is 7.70. The third-order valence-electron chi connectivity index (χ3n) is 1.21. The van der Waals surface area contributed by atoms with Gasteiger partial charge >= 0.3 is 0 Å². The van der Waals surface area contributed by atoms with E-state index in [2.05, 4.69) is 5.32 Å². The SMILES string of the molecule is CNc1ccc(Cl)c(Cl)c1.